The summed E-state index contributed by atoms with van der Waals surface area (Å²) in [5.74, 6) is -0.646. The molecule has 0 heterocycles. The lowest BCUT2D eigenvalue weighted by atomic mass is 10.1. The molecule has 0 saturated carbocycles. The zero-order chi connectivity index (χ0) is 17.5. The average molecular weight is 326 g/mol. The van der Waals surface area contributed by atoms with E-state index in [1.165, 1.54) is 0 Å². The van der Waals surface area contributed by atoms with E-state index in [0.29, 0.717) is 5.56 Å². The molecule has 0 aromatic heterocycles. The summed E-state index contributed by atoms with van der Waals surface area (Å²) in [6.45, 7) is 3.49. The molecule has 2 rings (SSSR count). The molecule has 0 radical (unpaired) electrons. The SMILES string of the molecule is Cc1cc(C)cc(C(=O)NCC(=O)N[C@H](CO)c2ccccc2)c1. The number of amides is 2. The van der Waals surface area contributed by atoms with Crippen LogP contribution in [0.3, 0.4) is 0 Å². The lowest BCUT2D eigenvalue weighted by Gasteiger charge is -2.17. The molecule has 0 saturated heterocycles. The summed E-state index contributed by atoms with van der Waals surface area (Å²) in [6, 6.07) is 14.3. The number of benzene rings is 2. The van der Waals surface area contributed by atoms with Gasteiger partial charge in [-0.3, -0.25) is 9.59 Å². The fourth-order valence-electron chi connectivity index (χ4n) is 2.53. The maximum atomic E-state index is 12.1. The standard InChI is InChI=1S/C19H22N2O3/c1-13-8-14(2)10-16(9-13)19(24)20-11-18(23)21-17(12-22)15-6-4-3-5-7-15/h3-10,17,22H,11-12H2,1-2H3,(H,20,24)(H,21,23)/t17-/m1/s1. The van der Waals surface area contributed by atoms with E-state index in [0.717, 1.165) is 16.7 Å². The monoisotopic (exact) mass is 326 g/mol. The molecule has 0 fully saturated rings. The van der Waals surface area contributed by atoms with Crippen LogP contribution in [0, 0.1) is 13.8 Å². The van der Waals surface area contributed by atoms with Crippen molar-refractivity contribution in [2.75, 3.05) is 13.2 Å². The first-order valence-corrected chi connectivity index (χ1v) is 7.81. The Bertz CT molecular complexity index is 694. The van der Waals surface area contributed by atoms with Gasteiger partial charge in [-0.1, -0.05) is 47.5 Å². The predicted molar refractivity (Wildman–Crippen MR) is 92.7 cm³/mol. The van der Waals surface area contributed by atoms with Crippen molar-refractivity contribution >= 4 is 11.8 Å². The second-order valence-corrected chi connectivity index (χ2v) is 5.77. The average Bonchev–Trinajstić information content (AvgIpc) is 2.57. The van der Waals surface area contributed by atoms with Crippen molar-refractivity contribution in [1.29, 1.82) is 0 Å². The summed E-state index contributed by atoms with van der Waals surface area (Å²) in [4.78, 5) is 24.2. The molecular formula is C19H22N2O3. The largest absolute Gasteiger partial charge is 0.394 e. The summed E-state index contributed by atoms with van der Waals surface area (Å²) < 4.78 is 0. The second-order valence-electron chi connectivity index (χ2n) is 5.77. The molecule has 0 aliphatic carbocycles. The molecule has 126 valence electrons. The van der Waals surface area contributed by atoms with Gasteiger partial charge in [-0.15, -0.1) is 0 Å². The Morgan fingerprint density at radius 1 is 1.04 bits per heavy atom. The van der Waals surface area contributed by atoms with Crippen molar-refractivity contribution in [2.24, 2.45) is 0 Å². The van der Waals surface area contributed by atoms with Gasteiger partial charge in [-0.25, -0.2) is 0 Å². The molecular weight excluding hydrogens is 304 g/mol. The topological polar surface area (TPSA) is 78.4 Å². The third-order valence-electron chi connectivity index (χ3n) is 3.61. The van der Waals surface area contributed by atoms with Crippen molar-refractivity contribution in [3.63, 3.8) is 0 Å². The number of carbonyl (C=O) groups excluding carboxylic acids is 2. The minimum atomic E-state index is -0.489. The highest BCUT2D eigenvalue weighted by molar-refractivity contribution is 5.96. The van der Waals surface area contributed by atoms with Crippen LogP contribution in [0.5, 0.6) is 0 Å². The normalized spacial score (nSPS) is 11.6. The van der Waals surface area contributed by atoms with Gasteiger partial charge in [0, 0.05) is 5.56 Å². The molecule has 0 spiro atoms. The predicted octanol–water partition coefficient (Wildman–Crippen LogP) is 1.88. The molecule has 0 aliphatic heterocycles. The Balaban J connectivity index is 1.91. The first-order valence-electron chi connectivity index (χ1n) is 7.81. The lowest BCUT2D eigenvalue weighted by Crippen LogP contribution is -2.39. The van der Waals surface area contributed by atoms with Gasteiger partial charge in [0.05, 0.1) is 19.2 Å². The van der Waals surface area contributed by atoms with Crippen LogP contribution in [-0.2, 0) is 4.79 Å². The van der Waals surface area contributed by atoms with Crippen LogP contribution in [0.4, 0.5) is 0 Å². The molecule has 24 heavy (non-hydrogen) atoms. The zero-order valence-corrected chi connectivity index (χ0v) is 13.9. The fourth-order valence-corrected chi connectivity index (χ4v) is 2.53. The number of aliphatic hydroxyl groups excluding tert-OH is 1. The van der Waals surface area contributed by atoms with Gasteiger partial charge in [-0.05, 0) is 31.5 Å². The van der Waals surface area contributed by atoms with Gasteiger partial charge >= 0.3 is 0 Å². The van der Waals surface area contributed by atoms with Crippen LogP contribution in [0.1, 0.15) is 33.1 Å². The number of aliphatic hydroxyl groups is 1. The van der Waals surface area contributed by atoms with E-state index in [1.807, 2.05) is 50.2 Å². The summed E-state index contributed by atoms with van der Waals surface area (Å²) >= 11 is 0. The summed E-state index contributed by atoms with van der Waals surface area (Å²) in [6.07, 6.45) is 0. The molecule has 0 unspecified atom stereocenters. The van der Waals surface area contributed by atoms with Gasteiger partial charge in [0.1, 0.15) is 0 Å². The van der Waals surface area contributed by atoms with E-state index in [4.69, 9.17) is 0 Å². The van der Waals surface area contributed by atoms with Crippen molar-refractivity contribution in [1.82, 2.24) is 10.6 Å². The highest BCUT2D eigenvalue weighted by atomic mass is 16.3. The quantitative estimate of drug-likeness (QED) is 0.758. The van der Waals surface area contributed by atoms with E-state index in [1.54, 1.807) is 12.1 Å². The first kappa shape index (κ1) is 17.7. The summed E-state index contributed by atoms with van der Waals surface area (Å²) in [5.41, 5.74) is 3.33. The van der Waals surface area contributed by atoms with Gasteiger partial charge < -0.3 is 15.7 Å². The van der Waals surface area contributed by atoms with Crippen LogP contribution in [0.15, 0.2) is 48.5 Å². The smallest absolute Gasteiger partial charge is 0.251 e. The third kappa shape index (κ3) is 4.93. The molecule has 2 aromatic rings. The van der Waals surface area contributed by atoms with Crippen molar-refractivity contribution in [3.05, 3.63) is 70.8 Å². The zero-order valence-electron chi connectivity index (χ0n) is 13.9. The molecule has 5 nitrogen and oxygen atoms in total. The number of carbonyl (C=O) groups is 2. The van der Waals surface area contributed by atoms with Crippen molar-refractivity contribution in [3.8, 4) is 0 Å². The first-order chi connectivity index (χ1) is 11.5. The van der Waals surface area contributed by atoms with E-state index in [2.05, 4.69) is 10.6 Å². The maximum absolute atomic E-state index is 12.1. The Morgan fingerprint density at radius 3 is 2.25 bits per heavy atom. The van der Waals surface area contributed by atoms with E-state index >= 15 is 0 Å². The Morgan fingerprint density at radius 2 is 1.67 bits per heavy atom. The van der Waals surface area contributed by atoms with Gasteiger partial charge in [0.15, 0.2) is 0 Å². The van der Waals surface area contributed by atoms with Crippen LogP contribution < -0.4 is 10.6 Å². The van der Waals surface area contributed by atoms with Crippen LogP contribution >= 0.6 is 0 Å². The van der Waals surface area contributed by atoms with Gasteiger partial charge in [-0.2, -0.15) is 0 Å². The Labute approximate surface area is 141 Å². The molecule has 2 aromatic carbocycles. The minimum Gasteiger partial charge on any atom is -0.394 e. The minimum absolute atomic E-state index is 0.144. The van der Waals surface area contributed by atoms with E-state index in [-0.39, 0.29) is 25.0 Å². The lowest BCUT2D eigenvalue weighted by molar-refractivity contribution is -0.121. The van der Waals surface area contributed by atoms with Crippen molar-refractivity contribution < 1.29 is 14.7 Å². The van der Waals surface area contributed by atoms with Crippen molar-refractivity contribution in [2.45, 2.75) is 19.9 Å². The molecule has 2 amide bonds. The third-order valence-corrected chi connectivity index (χ3v) is 3.61. The van der Waals surface area contributed by atoms with Crippen LogP contribution in [0.2, 0.25) is 0 Å². The Hall–Kier alpha value is -2.66. The van der Waals surface area contributed by atoms with E-state index < -0.39 is 6.04 Å². The summed E-state index contributed by atoms with van der Waals surface area (Å²) in [7, 11) is 0. The van der Waals surface area contributed by atoms with Crippen LogP contribution in [0.25, 0.3) is 0 Å². The number of rotatable bonds is 6. The highest BCUT2D eigenvalue weighted by Gasteiger charge is 2.14. The highest BCUT2D eigenvalue weighted by Crippen LogP contribution is 2.11. The maximum Gasteiger partial charge on any atom is 0.251 e. The molecule has 5 heteroatoms. The number of hydrogen-bond acceptors (Lipinski definition) is 3. The molecule has 0 bridgehead atoms. The number of hydrogen-bond donors (Lipinski definition) is 3. The van der Waals surface area contributed by atoms with Gasteiger partial charge in [0.25, 0.3) is 5.91 Å². The molecule has 0 aliphatic rings. The van der Waals surface area contributed by atoms with Crippen LogP contribution in [-0.4, -0.2) is 30.1 Å². The van der Waals surface area contributed by atoms with E-state index in [9.17, 15) is 14.7 Å². The number of nitrogens with one attached hydrogen (secondary N) is 2. The number of aryl methyl sites for hydroxylation is 2. The second kappa shape index (κ2) is 8.26. The summed E-state index contributed by atoms with van der Waals surface area (Å²) in [5, 5.41) is 14.8. The Kier molecular flexibility index (Phi) is 6.09. The molecule has 1 atom stereocenters. The molecule has 3 N–H and O–H groups in total. The fraction of sp³-hybridized carbons (Fsp3) is 0.263. The van der Waals surface area contributed by atoms with Gasteiger partial charge in [0.2, 0.25) is 5.91 Å².